The maximum Gasteiger partial charge on any atom is 0.0540 e. The fourth-order valence-corrected chi connectivity index (χ4v) is 13.4. The van der Waals surface area contributed by atoms with Crippen molar-refractivity contribution in [1.29, 1.82) is 0 Å². The van der Waals surface area contributed by atoms with E-state index >= 15 is 0 Å². The van der Waals surface area contributed by atoms with E-state index in [4.69, 9.17) is 0 Å². The van der Waals surface area contributed by atoms with Crippen molar-refractivity contribution < 1.29 is 0 Å². The van der Waals surface area contributed by atoms with Gasteiger partial charge in [0.2, 0.25) is 0 Å². The van der Waals surface area contributed by atoms with E-state index in [1.807, 2.05) is 0 Å². The average molecular weight is 927 g/mol. The van der Waals surface area contributed by atoms with Crippen LogP contribution in [0, 0.1) is 0 Å². The molecule has 0 saturated heterocycles. The predicted molar refractivity (Wildman–Crippen MR) is 307 cm³/mol. The molecule has 2 heteroatoms. The summed E-state index contributed by atoms with van der Waals surface area (Å²) in [5.74, 6) is 0. The van der Waals surface area contributed by atoms with Gasteiger partial charge in [-0.1, -0.05) is 204 Å². The molecule has 0 N–H and O–H groups in total. The molecule has 0 radical (unpaired) electrons. The Hall–Kier alpha value is -8.20. The molecular weight excluding hydrogens is 869 g/mol. The first-order valence-corrected chi connectivity index (χ1v) is 26.2. The van der Waals surface area contributed by atoms with Crippen LogP contribution in [-0.2, 0) is 10.8 Å². The van der Waals surface area contributed by atoms with Gasteiger partial charge >= 0.3 is 0 Å². The molecular formula is C70H58N2. The van der Waals surface area contributed by atoms with Gasteiger partial charge < -0.3 is 9.80 Å². The van der Waals surface area contributed by atoms with Gasteiger partial charge in [-0.3, -0.25) is 0 Å². The van der Waals surface area contributed by atoms with Gasteiger partial charge in [0, 0.05) is 44.1 Å². The Balaban J connectivity index is 0.956. The van der Waals surface area contributed by atoms with Crippen LogP contribution in [0.5, 0.6) is 0 Å². The minimum absolute atomic E-state index is 0.0331. The first-order valence-electron chi connectivity index (χ1n) is 26.2. The lowest BCUT2D eigenvalue weighted by atomic mass is 9.74. The summed E-state index contributed by atoms with van der Waals surface area (Å²) >= 11 is 0. The van der Waals surface area contributed by atoms with Gasteiger partial charge in [0.05, 0.1) is 17.1 Å². The largest absolute Gasteiger partial charge is 0.310 e. The molecule has 0 aromatic heterocycles. The zero-order valence-corrected chi connectivity index (χ0v) is 41.7. The van der Waals surface area contributed by atoms with Crippen LogP contribution in [0.3, 0.4) is 0 Å². The standard InChI is InChI=1S/C70H58N2/c1-5-69(6-2)62-31-17-15-28-57(62)59-41-39-51(45-64(59)69)71(66-33-19-23-47-21-9-11-25-54(47)66)50-37-35-49(36-38-50)53-43-44-68(61-30-14-13-27-56(53)61)72(67-34-20-24-48-22-10-12-26-55(48)67)52-40-42-60-58-29-16-18-32-63(58)70(7-3,8-4)65(60)46-52/h9-46H,5-8H2,1-4H3. The summed E-state index contributed by atoms with van der Waals surface area (Å²) < 4.78 is 0. The van der Waals surface area contributed by atoms with Crippen LogP contribution in [0.1, 0.15) is 75.6 Å². The molecule has 13 rings (SSSR count). The van der Waals surface area contributed by atoms with Crippen LogP contribution in [0.2, 0.25) is 0 Å². The second-order valence-electron chi connectivity index (χ2n) is 20.0. The van der Waals surface area contributed by atoms with Gasteiger partial charge in [-0.25, -0.2) is 0 Å². The summed E-state index contributed by atoms with van der Waals surface area (Å²) in [6, 6.07) is 86.7. The van der Waals surface area contributed by atoms with E-state index in [2.05, 4.69) is 268 Å². The van der Waals surface area contributed by atoms with Gasteiger partial charge in [0.1, 0.15) is 0 Å². The van der Waals surface area contributed by atoms with E-state index in [9.17, 15) is 0 Å². The minimum atomic E-state index is -0.0460. The summed E-state index contributed by atoms with van der Waals surface area (Å²) in [6.07, 6.45) is 4.18. The van der Waals surface area contributed by atoms with Crippen molar-refractivity contribution in [2.24, 2.45) is 0 Å². The molecule has 0 heterocycles. The van der Waals surface area contributed by atoms with E-state index < -0.39 is 0 Å². The Bertz CT molecular complexity index is 3880. The van der Waals surface area contributed by atoms with Gasteiger partial charge in [0.25, 0.3) is 0 Å². The molecule has 2 aliphatic rings. The van der Waals surface area contributed by atoms with Gasteiger partial charge in [-0.15, -0.1) is 0 Å². The van der Waals surface area contributed by atoms with Crippen molar-refractivity contribution in [3.05, 3.63) is 253 Å². The first-order chi connectivity index (χ1) is 35.5. The van der Waals surface area contributed by atoms with Gasteiger partial charge in [0.15, 0.2) is 0 Å². The maximum absolute atomic E-state index is 2.53. The molecule has 11 aromatic carbocycles. The fourth-order valence-electron chi connectivity index (χ4n) is 13.4. The van der Waals surface area contributed by atoms with Crippen molar-refractivity contribution in [3.63, 3.8) is 0 Å². The maximum atomic E-state index is 2.53. The zero-order valence-electron chi connectivity index (χ0n) is 41.7. The van der Waals surface area contributed by atoms with Crippen LogP contribution in [0.15, 0.2) is 231 Å². The normalized spacial score (nSPS) is 13.7. The Kier molecular flexibility index (Phi) is 10.5. The lowest BCUT2D eigenvalue weighted by Crippen LogP contribution is -2.23. The topological polar surface area (TPSA) is 6.48 Å². The highest BCUT2D eigenvalue weighted by molar-refractivity contribution is 6.09. The summed E-state index contributed by atoms with van der Waals surface area (Å²) in [5, 5.41) is 7.33. The van der Waals surface area contributed by atoms with Crippen LogP contribution in [0.4, 0.5) is 34.1 Å². The van der Waals surface area contributed by atoms with Crippen LogP contribution < -0.4 is 9.80 Å². The van der Waals surface area contributed by atoms with Crippen molar-refractivity contribution in [1.82, 2.24) is 0 Å². The van der Waals surface area contributed by atoms with E-state index in [1.165, 1.54) is 111 Å². The molecule has 11 aromatic rings. The van der Waals surface area contributed by atoms with Crippen LogP contribution >= 0.6 is 0 Å². The lowest BCUT2D eigenvalue weighted by Gasteiger charge is -2.32. The minimum Gasteiger partial charge on any atom is -0.310 e. The first kappa shape index (κ1) is 43.8. The van der Waals surface area contributed by atoms with Crippen LogP contribution in [-0.4, -0.2) is 0 Å². The van der Waals surface area contributed by atoms with E-state index in [-0.39, 0.29) is 10.8 Å². The molecule has 0 unspecified atom stereocenters. The SMILES string of the molecule is CCC1(CC)c2ccccc2-c2ccc(N(c3ccc(-c4ccc(N(c5ccc6c(c5)C(CC)(CC)c5ccccc5-6)c5cccc6ccccc56)c5ccccc45)cc3)c3cccc4ccccc34)cc21. The third kappa shape index (κ3) is 6.48. The predicted octanol–water partition coefficient (Wildman–Crippen LogP) is 19.9. The highest BCUT2D eigenvalue weighted by Crippen LogP contribution is 2.56. The molecule has 0 amide bonds. The molecule has 0 aliphatic heterocycles. The highest BCUT2D eigenvalue weighted by Gasteiger charge is 2.42. The van der Waals surface area contributed by atoms with E-state index in [0.29, 0.717) is 0 Å². The Morgan fingerprint density at radius 1 is 0.278 bits per heavy atom. The molecule has 0 atom stereocenters. The third-order valence-electron chi connectivity index (χ3n) is 17.0. The highest BCUT2D eigenvalue weighted by atomic mass is 15.2. The third-order valence-corrected chi connectivity index (χ3v) is 17.0. The van der Waals surface area contributed by atoms with E-state index in [1.54, 1.807) is 0 Å². The number of rotatable bonds is 11. The Morgan fingerprint density at radius 2 is 0.667 bits per heavy atom. The number of nitrogens with zero attached hydrogens (tertiary/aromatic N) is 2. The zero-order chi connectivity index (χ0) is 48.6. The average Bonchev–Trinajstić information content (AvgIpc) is 3.90. The molecule has 0 bridgehead atoms. The van der Waals surface area contributed by atoms with Crippen molar-refractivity contribution >= 4 is 66.4 Å². The summed E-state index contributed by atoms with van der Waals surface area (Å²) in [4.78, 5) is 5.01. The van der Waals surface area contributed by atoms with Crippen molar-refractivity contribution in [2.45, 2.75) is 64.2 Å². The lowest BCUT2D eigenvalue weighted by molar-refractivity contribution is 0.490. The monoisotopic (exact) mass is 926 g/mol. The van der Waals surface area contributed by atoms with E-state index in [0.717, 1.165) is 37.1 Å². The quantitative estimate of drug-likeness (QED) is 0.128. The van der Waals surface area contributed by atoms with Gasteiger partial charge in [-0.05, 0) is 152 Å². The van der Waals surface area contributed by atoms with Crippen molar-refractivity contribution in [3.8, 4) is 33.4 Å². The number of hydrogen-bond donors (Lipinski definition) is 0. The molecule has 0 fully saturated rings. The second kappa shape index (κ2) is 17.3. The number of fused-ring (bicyclic) bond motifs is 9. The number of anilines is 6. The smallest absolute Gasteiger partial charge is 0.0540 e. The molecule has 2 aliphatic carbocycles. The summed E-state index contributed by atoms with van der Waals surface area (Å²) in [6.45, 7) is 9.44. The number of benzene rings is 11. The molecule has 348 valence electrons. The molecule has 0 saturated carbocycles. The Labute approximate surface area is 424 Å². The molecule has 72 heavy (non-hydrogen) atoms. The second-order valence-corrected chi connectivity index (χ2v) is 20.0. The number of hydrogen-bond acceptors (Lipinski definition) is 2. The fraction of sp³-hybridized carbons (Fsp3) is 0.143. The molecule has 2 nitrogen and oxygen atoms in total. The Morgan fingerprint density at radius 3 is 1.21 bits per heavy atom. The van der Waals surface area contributed by atoms with Crippen molar-refractivity contribution in [2.75, 3.05) is 9.80 Å². The summed E-state index contributed by atoms with van der Waals surface area (Å²) in [7, 11) is 0. The van der Waals surface area contributed by atoms with Gasteiger partial charge in [-0.2, -0.15) is 0 Å². The summed E-state index contributed by atoms with van der Waals surface area (Å²) in [5.41, 5.74) is 20.5. The van der Waals surface area contributed by atoms with Crippen LogP contribution in [0.25, 0.3) is 65.7 Å². The molecule has 0 spiro atoms.